The van der Waals surface area contributed by atoms with E-state index >= 15 is 0 Å². The lowest BCUT2D eigenvalue weighted by Crippen LogP contribution is -2.26. The fourth-order valence-electron chi connectivity index (χ4n) is 8.15. The fourth-order valence-corrected chi connectivity index (χ4v) is 8.15. The van der Waals surface area contributed by atoms with E-state index < -0.39 is 0 Å². The van der Waals surface area contributed by atoms with Crippen LogP contribution < -0.4 is 15.4 Å². The molecular formula is C54H40N2O2. The third kappa shape index (κ3) is 6.66. The first kappa shape index (κ1) is 35.0. The first-order valence-corrected chi connectivity index (χ1v) is 19.6. The van der Waals surface area contributed by atoms with Gasteiger partial charge in [-0.05, 0) is 117 Å². The topological polar surface area (TPSA) is 51.6 Å². The van der Waals surface area contributed by atoms with Crippen molar-refractivity contribution in [2.24, 2.45) is 5.73 Å². The van der Waals surface area contributed by atoms with Crippen LogP contribution in [0.3, 0.4) is 0 Å². The summed E-state index contributed by atoms with van der Waals surface area (Å²) < 4.78 is 12.1. The second-order valence-corrected chi connectivity index (χ2v) is 14.8. The number of nitrogens with two attached hydrogens (primary N) is 1. The van der Waals surface area contributed by atoms with Crippen LogP contribution >= 0.6 is 0 Å². The molecule has 1 aliphatic heterocycles. The molecule has 2 atom stereocenters. The van der Waals surface area contributed by atoms with Crippen LogP contribution in [0.5, 0.6) is 5.75 Å². The van der Waals surface area contributed by atoms with E-state index in [9.17, 15) is 0 Å². The lowest BCUT2D eigenvalue weighted by Gasteiger charge is -2.27. The molecule has 58 heavy (non-hydrogen) atoms. The van der Waals surface area contributed by atoms with Crippen molar-refractivity contribution in [3.05, 3.63) is 235 Å². The molecule has 2 unspecified atom stereocenters. The van der Waals surface area contributed by atoms with Gasteiger partial charge in [0.15, 0.2) is 0 Å². The van der Waals surface area contributed by atoms with Gasteiger partial charge in [0.1, 0.15) is 16.9 Å². The zero-order valence-corrected chi connectivity index (χ0v) is 31.8. The number of rotatable bonds is 7. The Morgan fingerprint density at radius 1 is 0.534 bits per heavy atom. The molecule has 10 rings (SSSR count). The van der Waals surface area contributed by atoms with Gasteiger partial charge >= 0.3 is 0 Å². The summed E-state index contributed by atoms with van der Waals surface area (Å²) in [7, 11) is 0. The van der Waals surface area contributed by atoms with Gasteiger partial charge in [-0.1, -0.05) is 134 Å². The number of furan rings is 1. The van der Waals surface area contributed by atoms with Crippen LogP contribution in [-0.2, 0) is 0 Å². The van der Waals surface area contributed by atoms with Crippen molar-refractivity contribution >= 4 is 55.7 Å². The summed E-state index contributed by atoms with van der Waals surface area (Å²) in [6.07, 6.45) is 12.4. The van der Waals surface area contributed by atoms with E-state index in [1.165, 1.54) is 11.1 Å². The van der Waals surface area contributed by atoms with Crippen molar-refractivity contribution in [3.8, 4) is 16.9 Å². The highest BCUT2D eigenvalue weighted by atomic mass is 16.5. The number of hydrogen-bond donors (Lipinski definition) is 1. The predicted octanol–water partition coefficient (Wildman–Crippen LogP) is 13.8. The van der Waals surface area contributed by atoms with Gasteiger partial charge in [0.05, 0.1) is 6.26 Å². The van der Waals surface area contributed by atoms with Gasteiger partial charge in [-0.3, -0.25) is 0 Å². The van der Waals surface area contributed by atoms with Crippen LogP contribution in [0, 0.1) is 0 Å². The van der Waals surface area contributed by atoms with Gasteiger partial charge in [0.2, 0.25) is 0 Å². The Kier molecular flexibility index (Phi) is 9.02. The Morgan fingerprint density at radius 2 is 1.14 bits per heavy atom. The fraction of sp³-hybridized carbons (Fsp3) is 0.0370. The van der Waals surface area contributed by atoms with E-state index in [1.807, 2.05) is 48.5 Å². The Labute approximate surface area is 338 Å². The van der Waals surface area contributed by atoms with Crippen LogP contribution in [0.25, 0.3) is 49.8 Å². The summed E-state index contributed by atoms with van der Waals surface area (Å²) in [6.45, 7) is 4.36. The largest absolute Gasteiger partial charge is 0.464 e. The molecule has 0 fully saturated rings. The molecule has 0 radical (unpaired) electrons. The first-order chi connectivity index (χ1) is 28.6. The number of allylic oxidation sites excluding steroid dienone is 6. The van der Waals surface area contributed by atoms with Crippen LogP contribution in [-0.4, -0.2) is 6.04 Å². The average molecular weight is 749 g/mol. The van der Waals surface area contributed by atoms with E-state index in [2.05, 4.69) is 163 Å². The number of anilines is 3. The van der Waals surface area contributed by atoms with E-state index in [0.717, 1.165) is 83.7 Å². The van der Waals surface area contributed by atoms with Gasteiger partial charge in [-0.15, -0.1) is 0 Å². The molecule has 4 heteroatoms. The van der Waals surface area contributed by atoms with Crippen LogP contribution in [0.15, 0.2) is 217 Å². The Morgan fingerprint density at radius 3 is 1.88 bits per heavy atom. The van der Waals surface area contributed by atoms with Crippen LogP contribution in [0.1, 0.15) is 28.2 Å². The quantitative estimate of drug-likeness (QED) is 0.176. The third-order valence-corrected chi connectivity index (χ3v) is 11.2. The van der Waals surface area contributed by atoms with E-state index in [4.69, 9.17) is 14.9 Å². The minimum absolute atomic E-state index is 0.0668. The minimum atomic E-state index is -0.0668. The molecule has 2 heterocycles. The van der Waals surface area contributed by atoms with Crippen molar-refractivity contribution in [1.29, 1.82) is 0 Å². The zero-order valence-electron chi connectivity index (χ0n) is 31.8. The minimum Gasteiger partial charge on any atom is -0.464 e. The van der Waals surface area contributed by atoms with E-state index in [0.29, 0.717) is 0 Å². The third-order valence-electron chi connectivity index (χ3n) is 11.2. The molecule has 0 amide bonds. The summed E-state index contributed by atoms with van der Waals surface area (Å²) in [5.74, 6) is 0.914. The molecule has 278 valence electrons. The SMILES string of the molecule is C=C1/C=C(c2ccc(N(c3ccc(C4=CC(c5ccccc5)C(N)C=C4)cc3)c3ccc(-c4ccc5oc6ccccc6c5c4)cc3)cc2)\C=C/Oc2ccccc21. The smallest absolute Gasteiger partial charge is 0.135 e. The van der Waals surface area contributed by atoms with Gasteiger partial charge < -0.3 is 19.8 Å². The number of fused-ring (bicyclic) bond motifs is 4. The second-order valence-electron chi connectivity index (χ2n) is 14.8. The molecule has 0 saturated heterocycles. The van der Waals surface area contributed by atoms with Crippen molar-refractivity contribution < 1.29 is 9.15 Å². The molecule has 4 nitrogen and oxygen atoms in total. The summed E-state index contributed by atoms with van der Waals surface area (Å²) in [5.41, 5.74) is 21.3. The van der Waals surface area contributed by atoms with Crippen LogP contribution in [0.4, 0.5) is 17.1 Å². The van der Waals surface area contributed by atoms with E-state index in [1.54, 1.807) is 6.26 Å². The molecule has 2 N–H and O–H groups in total. The lowest BCUT2D eigenvalue weighted by molar-refractivity contribution is 0.480. The number of benzene rings is 7. The normalized spacial score (nSPS) is 17.7. The summed E-state index contributed by atoms with van der Waals surface area (Å²) in [6, 6.07) is 59.4. The number of ether oxygens (including phenoxy) is 1. The molecular weight excluding hydrogens is 709 g/mol. The molecule has 1 aromatic heterocycles. The average Bonchev–Trinajstić information content (AvgIpc) is 3.65. The monoisotopic (exact) mass is 748 g/mol. The molecule has 0 spiro atoms. The standard InChI is InChI=1S/C54H40N2O2/c1-36-33-43(31-32-57-52-13-7-5-11-47(36)52)39-19-27-46(28-20-39)56(44-23-15-37(16-24-44)41-21-29-51(55)49(34-41)40-9-3-2-4-10-40)45-25-17-38(18-26-45)42-22-30-54-50(35-42)48-12-6-8-14-53(48)58-54/h2-35,49,51H,1,55H2/b32-31-,43-33+. The van der Waals surface area contributed by atoms with Gasteiger partial charge in [0.25, 0.3) is 0 Å². The summed E-state index contributed by atoms with van der Waals surface area (Å²) >= 11 is 0. The second kappa shape index (κ2) is 14.9. The first-order valence-electron chi connectivity index (χ1n) is 19.6. The lowest BCUT2D eigenvalue weighted by atomic mass is 9.84. The Hall–Kier alpha value is -7.40. The molecule has 7 aromatic carbocycles. The van der Waals surface area contributed by atoms with E-state index in [-0.39, 0.29) is 12.0 Å². The van der Waals surface area contributed by atoms with Crippen molar-refractivity contribution in [3.63, 3.8) is 0 Å². The van der Waals surface area contributed by atoms with Gasteiger partial charge in [-0.2, -0.15) is 0 Å². The van der Waals surface area contributed by atoms with Gasteiger partial charge in [0, 0.05) is 45.4 Å². The highest BCUT2D eigenvalue weighted by Gasteiger charge is 2.21. The summed E-state index contributed by atoms with van der Waals surface area (Å²) in [4.78, 5) is 2.30. The maximum atomic E-state index is 6.57. The molecule has 0 saturated carbocycles. The maximum Gasteiger partial charge on any atom is 0.135 e. The number of para-hydroxylation sites is 2. The molecule has 1 aliphatic carbocycles. The zero-order chi connectivity index (χ0) is 39.0. The highest BCUT2D eigenvalue weighted by molar-refractivity contribution is 6.06. The van der Waals surface area contributed by atoms with Crippen molar-refractivity contribution in [2.75, 3.05) is 4.90 Å². The van der Waals surface area contributed by atoms with Gasteiger partial charge in [-0.25, -0.2) is 0 Å². The molecule has 0 bridgehead atoms. The maximum absolute atomic E-state index is 6.57. The Balaban J connectivity index is 1.00. The van der Waals surface area contributed by atoms with Crippen molar-refractivity contribution in [1.82, 2.24) is 0 Å². The highest BCUT2D eigenvalue weighted by Crippen LogP contribution is 2.40. The Bertz CT molecular complexity index is 2930. The number of nitrogens with zero attached hydrogens (tertiary/aromatic N) is 1. The molecule has 8 aromatic rings. The molecule has 2 aliphatic rings. The predicted molar refractivity (Wildman–Crippen MR) is 241 cm³/mol. The van der Waals surface area contributed by atoms with Crippen LogP contribution in [0.2, 0.25) is 0 Å². The van der Waals surface area contributed by atoms with Crippen molar-refractivity contribution in [2.45, 2.75) is 12.0 Å². The summed E-state index contributed by atoms with van der Waals surface area (Å²) in [5, 5.41) is 2.24. The number of hydrogen-bond acceptors (Lipinski definition) is 4.